The van der Waals surface area contributed by atoms with E-state index in [0.717, 1.165) is 25.9 Å². The molecule has 0 aromatic carbocycles. The lowest BCUT2D eigenvalue weighted by molar-refractivity contribution is 0.271. The van der Waals surface area contributed by atoms with E-state index in [2.05, 4.69) is 0 Å². The molecular weight excluding hydrogens is 202 g/mol. The highest BCUT2D eigenvalue weighted by molar-refractivity contribution is 7.88. The highest BCUT2D eigenvalue weighted by Gasteiger charge is 2.44. The van der Waals surface area contributed by atoms with E-state index in [1.165, 1.54) is 6.26 Å². The van der Waals surface area contributed by atoms with Crippen LogP contribution in [0.15, 0.2) is 0 Å². The van der Waals surface area contributed by atoms with Crippen molar-refractivity contribution in [3.8, 4) is 0 Å². The molecule has 6 heteroatoms. The summed E-state index contributed by atoms with van der Waals surface area (Å²) < 4.78 is 24.2. The van der Waals surface area contributed by atoms with Crippen LogP contribution in [0.25, 0.3) is 0 Å². The maximum atomic E-state index is 11.3. The molecule has 2 aliphatic heterocycles. The lowest BCUT2D eigenvalue weighted by Crippen LogP contribution is -2.35. The summed E-state index contributed by atoms with van der Waals surface area (Å²) in [7, 11) is -3.01. The molecule has 0 bridgehead atoms. The van der Waals surface area contributed by atoms with E-state index in [1.54, 1.807) is 9.31 Å². The molecule has 1 atom stereocenters. The lowest BCUT2D eigenvalue weighted by Gasteiger charge is -2.22. The average Bonchev–Trinajstić information content (AvgIpc) is 2.59. The van der Waals surface area contributed by atoms with Crippen LogP contribution in [0, 0.1) is 5.41 Å². The molecule has 0 aromatic heterocycles. The third kappa shape index (κ3) is 1.79. The summed E-state index contributed by atoms with van der Waals surface area (Å²) in [5.41, 5.74) is 0.137. The second kappa shape index (κ2) is 3.16. The van der Waals surface area contributed by atoms with Gasteiger partial charge in [0.05, 0.1) is 6.26 Å². The van der Waals surface area contributed by atoms with Gasteiger partial charge in [0.25, 0.3) is 0 Å². The predicted octanol–water partition coefficient (Wildman–Crippen LogP) is -0.782. The van der Waals surface area contributed by atoms with Gasteiger partial charge in [-0.2, -0.15) is 0 Å². The highest BCUT2D eigenvalue weighted by Crippen LogP contribution is 2.39. The van der Waals surface area contributed by atoms with E-state index in [-0.39, 0.29) is 5.41 Å². The minimum absolute atomic E-state index is 0.137. The van der Waals surface area contributed by atoms with Gasteiger partial charge in [0, 0.05) is 31.6 Å². The molecule has 5 nitrogen and oxygen atoms in total. The fourth-order valence-corrected chi connectivity index (χ4v) is 3.41. The van der Waals surface area contributed by atoms with Crippen molar-refractivity contribution < 1.29 is 8.42 Å². The van der Waals surface area contributed by atoms with Crippen LogP contribution in [0.5, 0.6) is 0 Å². The first-order valence-corrected chi connectivity index (χ1v) is 6.71. The van der Waals surface area contributed by atoms with Gasteiger partial charge in [-0.25, -0.2) is 17.7 Å². The predicted molar refractivity (Wildman–Crippen MR) is 53.8 cm³/mol. The molecule has 2 rings (SSSR count). The Kier molecular flexibility index (Phi) is 2.34. The molecule has 2 aliphatic rings. The van der Waals surface area contributed by atoms with E-state index in [9.17, 15) is 8.42 Å². The Morgan fingerprint density at radius 1 is 1.21 bits per heavy atom. The van der Waals surface area contributed by atoms with Gasteiger partial charge < -0.3 is 0 Å². The number of hydrogen-bond acceptors (Lipinski definition) is 4. The van der Waals surface area contributed by atoms with E-state index in [0.29, 0.717) is 13.1 Å². The van der Waals surface area contributed by atoms with Gasteiger partial charge in [-0.3, -0.25) is 5.84 Å². The van der Waals surface area contributed by atoms with Gasteiger partial charge in [0.15, 0.2) is 0 Å². The van der Waals surface area contributed by atoms with Gasteiger partial charge in [-0.05, 0) is 12.8 Å². The van der Waals surface area contributed by atoms with Crippen molar-refractivity contribution in [2.75, 3.05) is 32.4 Å². The van der Waals surface area contributed by atoms with Crippen LogP contribution in [-0.4, -0.2) is 50.2 Å². The quantitative estimate of drug-likeness (QED) is 0.587. The number of hydrogen-bond donors (Lipinski definition) is 1. The van der Waals surface area contributed by atoms with E-state index in [4.69, 9.17) is 5.84 Å². The molecular formula is C8H17N3O2S. The van der Waals surface area contributed by atoms with Crippen molar-refractivity contribution in [1.29, 1.82) is 0 Å². The SMILES string of the molecule is CS(=O)(=O)N1CCC2(CCN(N)C2)C1. The summed E-state index contributed by atoms with van der Waals surface area (Å²) in [4.78, 5) is 0. The Morgan fingerprint density at radius 3 is 2.29 bits per heavy atom. The van der Waals surface area contributed by atoms with E-state index < -0.39 is 10.0 Å². The summed E-state index contributed by atoms with van der Waals surface area (Å²) in [6.07, 6.45) is 3.25. The standard InChI is InChI=1S/C8H17N3O2S/c1-14(12,13)11-5-3-8(7-11)2-4-10(9)6-8/h2-7,9H2,1H3. The molecule has 2 heterocycles. The summed E-state index contributed by atoms with van der Waals surface area (Å²) in [5.74, 6) is 5.71. The van der Waals surface area contributed by atoms with Crippen molar-refractivity contribution in [2.24, 2.45) is 11.3 Å². The minimum Gasteiger partial charge on any atom is -0.269 e. The second-order valence-electron chi connectivity index (χ2n) is 4.57. The number of nitrogens with zero attached hydrogens (tertiary/aromatic N) is 2. The maximum absolute atomic E-state index is 11.3. The molecule has 0 amide bonds. The molecule has 0 radical (unpaired) electrons. The van der Waals surface area contributed by atoms with Crippen LogP contribution in [0.1, 0.15) is 12.8 Å². The fraction of sp³-hybridized carbons (Fsp3) is 1.00. The number of sulfonamides is 1. The Morgan fingerprint density at radius 2 is 1.86 bits per heavy atom. The molecule has 2 saturated heterocycles. The van der Waals surface area contributed by atoms with Crippen LogP contribution >= 0.6 is 0 Å². The van der Waals surface area contributed by atoms with Crippen LogP contribution in [0.3, 0.4) is 0 Å². The zero-order valence-electron chi connectivity index (χ0n) is 8.44. The Balaban J connectivity index is 2.08. The topological polar surface area (TPSA) is 66.6 Å². The van der Waals surface area contributed by atoms with Gasteiger partial charge >= 0.3 is 0 Å². The van der Waals surface area contributed by atoms with Crippen LogP contribution < -0.4 is 5.84 Å². The first-order chi connectivity index (χ1) is 6.41. The van der Waals surface area contributed by atoms with Crippen LogP contribution in [0.4, 0.5) is 0 Å². The summed E-state index contributed by atoms with van der Waals surface area (Å²) in [6, 6.07) is 0. The molecule has 82 valence electrons. The fourth-order valence-electron chi connectivity index (χ4n) is 2.48. The third-order valence-corrected chi connectivity index (χ3v) is 4.59. The molecule has 0 aliphatic carbocycles. The molecule has 0 aromatic rings. The van der Waals surface area contributed by atoms with Crippen molar-refractivity contribution in [3.05, 3.63) is 0 Å². The summed E-state index contributed by atoms with van der Waals surface area (Å²) in [6.45, 7) is 3.03. The van der Waals surface area contributed by atoms with Gasteiger partial charge in [-0.15, -0.1) is 0 Å². The zero-order valence-corrected chi connectivity index (χ0v) is 9.26. The van der Waals surface area contributed by atoms with E-state index >= 15 is 0 Å². The van der Waals surface area contributed by atoms with Crippen LogP contribution in [-0.2, 0) is 10.0 Å². The highest BCUT2D eigenvalue weighted by atomic mass is 32.2. The average molecular weight is 219 g/mol. The Hall–Kier alpha value is -0.170. The van der Waals surface area contributed by atoms with Crippen molar-refractivity contribution >= 4 is 10.0 Å². The molecule has 1 unspecified atom stereocenters. The molecule has 0 saturated carbocycles. The van der Waals surface area contributed by atoms with Crippen molar-refractivity contribution in [2.45, 2.75) is 12.8 Å². The van der Waals surface area contributed by atoms with Gasteiger partial charge in [0.2, 0.25) is 10.0 Å². The van der Waals surface area contributed by atoms with E-state index in [1.807, 2.05) is 0 Å². The number of hydrazine groups is 1. The molecule has 2 N–H and O–H groups in total. The first-order valence-electron chi connectivity index (χ1n) is 4.86. The maximum Gasteiger partial charge on any atom is 0.211 e. The van der Waals surface area contributed by atoms with Crippen LogP contribution in [0.2, 0.25) is 0 Å². The Bertz CT molecular complexity index is 329. The van der Waals surface area contributed by atoms with Gasteiger partial charge in [0.1, 0.15) is 0 Å². The summed E-state index contributed by atoms with van der Waals surface area (Å²) >= 11 is 0. The Labute approximate surface area is 84.9 Å². The molecule has 2 fully saturated rings. The second-order valence-corrected chi connectivity index (χ2v) is 6.55. The normalized spacial score (nSPS) is 35.9. The number of rotatable bonds is 1. The summed E-state index contributed by atoms with van der Waals surface area (Å²) in [5, 5.41) is 1.80. The first kappa shape index (κ1) is 10.4. The van der Waals surface area contributed by atoms with Gasteiger partial charge in [-0.1, -0.05) is 0 Å². The smallest absolute Gasteiger partial charge is 0.211 e. The largest absolute Gasteiger partial charge is 0.269 e. The minimum atomic E-state index is -3.01. The lowest BCUT2D eigenvalue weighted by atomic mass is 9.87. The van der Waals surface area contributed by atoms with Crippen molar-refractivity contribution in [3.63, 3.8) is 0 Å². The zero-order chi connectivity index (χ0) is 10.4. The number of nitrogens with two attached hydrogens (primary N) is 1. The molecule has 1 spiro atoms. The van der Waals surface area contributed by atoms with Crippen molar-refractivity contribution in [1.82, 2.24) is 9.31 Å². The monoisotopic (exact) mass is 219 g/mol. The molecule has 14 heavy (non-hydrogen) atoms. The third-order valence-electron chi connectivity index (χ3n) is 3.34.